The number of halogens is 5. The highest BCUT2D eigenvalue weighted by molar-refractivity contribution is 9.10. The predicted octanol–water partition coefficient (Wildman–Crippen LogP) is 6.46. The van der Waals surface area contributed by atoms with Gasteiger partial charge in [-0.15, -0.1) is 0 Å². The lowest BCUT2D eigenvalue weighted by Crippen LogP contribution is -2.20. The van der Waals surface area contributed by atoms with Gasteiger partial charge in [0.2, 0.25) is 15.8 Å². The summed E-state index contributed by atoms with van der Waals surface area (Å²) in [6.07, 6.45) is 3.98. The smallest absolute Gasteiger partial charge is 0.266 e. The number of sulfonamides is 1. The molecule has 0 bridgehead atoms. The number of fused-ring (bicyclic) bond motifs is 1. The van der Waals surface area contributed by atoms with E-state index in [9.17, 15) is 22.4 Å². The van der Waals surface area contributed by atoms with Crippen molar-refractivity contribution in [3.63, 3.8) is 0 Å². The lowest BCUT2D eigenvalue weighted by molar-refractivity contribution is 0.0964. The molecule has 5 rings (SSSR count). The Labute approximate surface area is 233 Å². The van der Waals surface area contributed by atoms with E-state index in [1.54, 1.807) is 6.07 Å². The Morgan fingerprint density at radius 3 is 2.45 bits per heavy atom. The molecule has 38 heavy (non-hydrogen) atoms. The van der Waals surface area contributed by atoms with Gasteiger partial charge in [-0.25, -0.2) is 22.2 Å². The second-order valence-electron chi connectivity index (χ2n) is 8.78. The minimum absolute atomic E-state index is 0.0136. The van der Waals surface area contributed by atoms with Crippen LogP contribution in [0.2, 0.25) is 10.0 Å². The van der Waals surface area contributed by atoms with Crippen molar-refractivity contribution in [1.82, 2.24) is 9.55 Å². The molecule has 1 fully saturated rings. The first-order valence-corrected chi connectivity index (χ1v) is 14.4. The van der Waals surface area contributed by atoms with Crippen molar-refractivity contribution < 1.29 is 26.8 Å². The zero-order valence-electron chi connectivity index (χ0n) is 19.1. The number of benzene rings is 2. The monoisotopic (exact) mass is 641 g/mol. The van der Waals surface area contributed by atoms with Crippen LogP contribution < -0.4 is 4.72 Å². The van der Waals surface area contributed by atoms with E-state index < -0.39 is 44.6 Å². The summed E-state index contributed by atoms with van der Waals surface area (Å²) in [4.78, 5) is 31.2. The van der Waals surface area contributed by atoms with Gasteiger partial charge in [0.25, 0.3) is 5.91 Å². The first-order chi connectivity index (χ1) is 18.0. The summed E-state index contributed by atoms with van der Waals surface area (Å²) in [6, 6.07) is 7.65. The largest absolute Gasteiger partial charge is 0.288 e. The first-order valence-electron chi connectivity index (χ1n) is 11.2. The maximum absolute atomic E-state index is 15.4. The Morgan fingerprint density at radius 2 is 1.79 bits per heavy atom. The van der Waals surface area contributed by atoms with Gasteiger partial charge in [-0.2, -0.15) is 0 Å². The molecule has 0 aliphatic heterocycles. The van der Waals surface area contributed by atoms with Crippen LogP contribution in [-0.2, 0) is 10.0 Å². The molecule has 0 atom stereocenters. The number of hydrogen-bond donors (Lipinski definition) is 1. The molecule has 1 aliphatic carbocycles. The fourth-order valence-corrected chi connectivity index (χ4v) is 6.44. The molecule has 4 aromatic rings. The van der Waals surface area contributed by atoms with Gasteiger partial charge in [-0.1, -0.05) is 29.3 Å². The minimum atomic E-state index is -3.91. The summed E-state index contributed by atoms with van der Waals surface area (Å²) >= 11 is 15.6. The van der Waals surface area contributed by atoms with E-state index in [1.165, 1.54) is 24.4 Å². The number of anilines is 1. The Kier molecular flexibility index (Phi) is 7.06. The lowest BCUT2D eigenvalue weighted by Gasteiger charge is -2.11. The molecule has 13 heteroatoms. The first kappa shape index (κ1) is 26.7. The second kappa shape index (κ2) is 10.0. The van der Waals surface area contributed by atoms with Crippen LogP contribution in [0.4, 0.5) is 14.5 Å². The van der Waals surface area contributed by atoms with Crippen LogP contribution in [0.1, 0.15) is 39.1 Å². The fourth-order valence-electron chi connectivity index (χ4n) is 4.02. The summed E-state index contributed by atoms with van der Waals surface area (Å²) in [7, 11) is -3.91. The average Bonchev–Trinajstić information content (AvgIpc) is 3.56. The third-order valence-electron chi connectivity index (χ3n) is 5.99. The van der Waals surface area contributed by atoms with Gasteiger partial charge >= 0.3 is 0 Å². The molecule has 196 valence electrons. The molecule has 0 saturated heterocycles. The van der Waals surface area contributed by atoms with E-state index in [2.05, 4.69) is 25.6 Å². The second-order valence-corrected chi connectivity index (χ2v) is 12.3. The van der Waals surface area contributed by atoms with Gasteiger partial charge in [0, 0.05) is 22.3 Å². The van der Waals surface area contributed by atoms with Gasteiger partial charge < -0.3 is 0 Å². The van der Waals surface area contributed by atoms with Crippen LogP contribution >= 0.6 is 39.1 Å². The van der Waals surface area contributed by atoms with Gasteiger partial charge in [-0.3, -0.25) is 18.9 Å². The predicted molar refractivity (Wildman–Crippen MR) is 144 cm³/mol. The summed E-state index contributed by atoms with van der Waals surface area (Å²) < 4.78 is 58.6. The Balaban J connectivity index is 1.62. The van der Waals surface area contributed by atoms with Gasteiger partial charge in [0.15, 0.2) is 5.82 Å². The van der Waals surface area contributed by atoms with Crippen LogP contribution in [0.15, 0.2) is 53.3 Å². The van der Waals surface area contributed by atoms with Crippen LogP contribution in [0.3, 0.4) is 0 Å². The number of hydrogen-bond acceptors (Lipinski definition) is 5. The number of pyridine rings is 1. The number of nitrogens with zero attached hydrogens (tertiary/aromatic N) is 2. The van der Waals surface area contributed by atoms with Crippen molar-refractivity contribution in [2.75, 3.05) is 10.5 Å². The van der Waals surface area contributed by atoms with Crippen molar-refractivity contribution >= 4 is 77.6 Å². The highest BCUT2D eigenvalue weighted by atomic mass is 79.9. The van der Waals surface area contributed by atoms with Crippen molar-refractivity contribution in [2.45, 2.75) is 12.8 Å². The Morgan fingerprint density at radius 1 is 1.11 bits per heavy atom. The van der Waals surface area contributed by atoms with E-state index in [0.29, 0.717) is 4.47 Å². The van der Waals surface area contributed by atoms with E-state index >= 15 is 4.39 Å². The Hall–Kier alpha value is -2.86. The standard InChI is InChI=1S/C25H16BrCl2F2N3O4S/c26-13-8-14-15(10-33(24(14)31-9-13)25(35)20-16(27)2-1-3-17(20)28)23(34)21-18(29)6-7-19(22(21)30)32-38(36,37)11-12-4-5-12/h1-3,6-10,12,32H,4-5,11H2. The molecular formula is C25H16BrCl2F2N3O4S. The SMILES string of the molecule is O=C(c1c(F)ccc(NS(=O)(=O)CC2CC2)c1F)c1cn(C(=O)c2c(Cl)cccc2Cl)c2ncc(Br)cc12. The summed E-state index contributed by atoms with van der Waals surface area (Å²) in [5.41, 5.74) is -1.84. The minimum Gasteiger partial charge on any atom is -0.288 e. The molecule has 0 amide bonds. The van der Waals surface area contributed by atoms with E-state index in [1.807, 2.05) is 0 Å². The van der Waals surface area contributed by atoms with E-state index in [-0.39, 0.29) is 43.9 Å². The van der Waals surface area contributed by atoms with Crippen molar-refractivity contribution in [3.8, 4) is 0 Å². The van der Waals surface area contributed by atoms with Crippen LogP contribution in [0, 0.1) is 17.6 Å². The number of aromatic nitrogens is 2. The number of carbonyl (C=O) groups is 2. The molecule has 2 aromatic carbocycles. The molecule has 7 nitrogen and oxygen atoms in total. The number of nitrogens with one attached hydrogen (secondary N) is 1. The molecule has 0 spiro atoms. The van der Waals surface area contributed by atoms with E-state index in [0.717, 1.165) is 35.7 Å². The van der Waals surface area contributed by atoms with Crippen molar-refractivity contribution in [1.29, 1.82) is 0 Å². The molecule has 2 heterocycles. The Bertz CT molecular complexity index is 1740. The molecule has 0 unspecified atom stereocenters. The number of ketones is 1. The third-order valence-corrected chi connectivity index (χ3v) is 8.49. The molecule has 0 radical (unpaired) electrons. The summed E-state index contributed by atoms with van der Waals surface area (Å²) in [6.45, 7) is 0. The summed E-state index contributed by atoms with van der Waals surface area (Å²) in [5.74, 6) is -4.64. The molecular weight excluding hydrogens is 627 g/mol. The zero-order chi connectivity index (χ0) is 27.4. The quantitative estimate of drug-likeness (QED) is 0.234. The van der Waals surface area contributed by atoms with Gasteiger partial charge in [-0.05, 0) is 65.0 Å². The number of rotatable bonds is 7. The van der Waals surface area contributed by atoms with Crippen LogP contribution in [0.25, 0.3) is 11.0 Å². The maximum atomic E-state index is 15.4. The van der Waals surface area contributed by atoms with Crippen molar-refractivity contribution in [2.24, 2.45) is 5.92 Å². The maximum Gasteiger partial charge on any atom is 0.266 e. The molecule has 2 aromatic heterocycles. The third kappa shape index (κ3) is 5.07. The molecule has 1 N–H and O–H groups in total. The van der Waals surface area contributed by atoms with Gasteiger partial charge in [0.1, 0.15) is 11.5 Å². The summed E-state index contributed by atoms with van der Waals surface area (Å²) in [5, 5.41) is 0.217. The lowest BCUT2D eigenvalue weighted by atomic mass is 10.0. The normalized spacial score (nSPS) is 13.6. The van der Waals surface area contributed by atoms with Crippen molar-refractivity contribution in [3.05, 3.63) is 91.6 Å². The van der Waals surface area contributed by atoms with Gasteiger partial charge in [0.05, 0.1) is 38.2 Å². The number of carbonyl (C=O) groups excluding carboxylic acids is 2. The zero-order valence-corrected chi connectivity index (χ0v) is 23.1. The fraction of sp³-hybridized carbons (Fsp3) is 0.160. The van der Waals surface area contributed by atoms with Crippen LogP contribution in [0.5, 0.6) is 0 Å². The average molecular weight is 643 g/mol. The molecule has 1 aliphatic rings. The highest BCUT2D eigenvalue weighted by Gasteiger charge is 2.31. The highest BCUT2D eigenvalue weighted by Crippen LogP contribution is 2.33. The molecule has 1 saturated carbocycles. The van der Waals surface area contributed by atoms with E-state index in [4.69, 9.17) is 23.2 Å². The van der Waals surface area contributed by atoms with Crippen LogP contribution in [-0.4, -0.2) is 35.4 Å². The topological polar surface area (TPSA) is 98.1 Å².